The van der Waals surface area contributed by atoms with Gasteiger partial charge in [0.2, 0.25) is 0 Å². The largest absolute Gasteiger partial charge is 0.311 e. The molecule has 0 saturated carbocycles. The number of benzene rings is 1. The highest BCUT2D eigenvalue weighted by Crippen LogP contribution is 2.18. The zero-order valence-corrected chi connectivity index (χ0v) is 11.1. The summed E-state index contributed by atoms with van der Waals surface area (Å²) in [7, 11) is 0. The van der Waals surface area contributed by atoms with Gasteiger partial charge in [0.1, 0.15) is 0 Å². The molecule has 0 aliphatic heterocycles. The summed E-state index contributed by atoms with van der Waals surface area (Å²) in [5.41, 5.74) is 5.45. The molecule has 1 atom stereocenters. The maximum atomic E-state index is 3.44. The van der Waals surface area contributed by atoms with E-state index < -0.39 is 0 Å². The second kappa shape index (κ2) is 5.86. The number of nitrogens with one attached hydrogen (secondary N) is 1. The summed E-state index contributed by atoms with van der Waals surface area (Å²) in [6.45, 7) is 11.9. The number of likely N-dealkylation sites (N-methyl/N-ethyl adjacent to an activating group) is 1. The van der Waals surface area contributed by atoms with Crippen LogP contribution in [0.4, 0.5) is 0 Å². The molecule has 1 aromatic rings. The first-order valence-corrected chi connectivity index (χ1v) is 6.04. The summed E-state index contributed by atoms with van der Waals surface area (Å²) in [5.74, 6) is 0. The number of hydrogen-bond acceptors (Lipinski definition) is 1. The zero-order valence-electron chi connectivity index (χ0n) is 11.1. The topological polar surface area (TPSA) is 12.0 Å². The SMILES string of the molecule is CCNC(C)/C(C)=C/c1c(C)cccc1C. The highest BCUT2D eigenvalue weighted by atomic mass is 14.9. The minimum atomic E-state index is 0.448. The standard InChI is InChI=1S/C15H23N/c1-6-16-14(5)13(4)10-15-11(2)8-7-9-12(15)3/h7-10,14,16H,6H2,1-5H3/b13-10+. The Morgan fingerprint density at radius 1 is 1.31 bits per heavy atom. The first-order valence-electron chi connectivity index (χ1n) is 6.04. The molecule has 0 heterocycles. The first kappa shape index (κ1) is 13.0. The van der Waals surface area contributed by atoms with Gasteiger partial charge in [0.05, 0.1) is 0 Å². The van der Waals surface area contributed by atoms with E-state index in [0.29, 0.717) is 6.04 Å². The predicted molar refractivity (Wildman–Crippen MR) is 72.7 cm³/mol. The van der Waals surface area contributed by atoms with Crippen molar-refractivity contribution in [3.05, 3.63) is 40.5 Å². The Balaban J connectivity index is 2.98. The van der Waals surface area contributed by atoms with E-state index in [2.05, 4.69) is 64.2 Å². The molecule has 0 bridgehead atoms. The van der Waals surface area contributed by atoms with E-state index in [4.69, 9.17) is 0 Å². The molecule has 1 aromatic carbocycles. The van der Waals surface area contributed by atoms with Gasteiger partial charge in [0.25, 0.3) is 0 Å². The van der Waals surface area contributed by atoms with E-state index in [1.807, 2.05) is 0 Å². The Bertz CT molecular complexity index is 357. The van der Waals surface area contributed by atoms with E-state index in [9.17, 15) is 0 Å². The third-order valence-electron chi connectivity index (χ3n) is 3.11. The fraction of sp³-hybridized carbons (Fsp3) is 0.467. The van der Waals surface area contributed by atoms with Crippen LogP contribution in [0.3, 0.4) is 0 Å². The minimum Gasteiger partial charge on any atom is -0.311 e. The Hall–Kier alpha value is -1.08. The fourth-order valence-corrected chi connectivity index (χ4v) is 1.87. The Labute approximate surface area is 99.6 Å². The van der Waals surface area contributed by atoms with Crippen LogP contribution in [0.2, 0.25) is 0 Å². The number of rotatable bonds is 4. The summed E-state index contributed by atoms with van der Waals surface area (Å²) in [6.07, 6.45) is 2.30. The van der Waals surface area contributed by atoms with Gasteiger partial charge in [-0.05, 0) is 50.9 Å². The van der Waals surface area contributed by atoms with Crippen molar-refractivity contribution in [1.29, 1.82) is 0 Å². The summed E-state index contributed by atoms with van der Waals surface area (Å²) in [6, 6.07) is 6.91. The van der Waals surface area contributed by atoms with Crippen LogP contribution < -0.4 is 5.32 Å². The molecular weight excluding hydrogens is 194 g/mol. The lowest BCUT2D eigenvalue weighted by Crippen LogP contribution is -2.26. The predicted octanol–water partition coefficient (Wildman–Crippen LogP) is 3.70. The lowest BCUT2D eigenvalue weighted by molar-refractivity contribution is 0.636. The molecule has 1 unspecified atom stereocenters. The summed E-state index contributed by atoms with van der Waals surface area (Å²) >= 11 is 0. The van der Waals surface area contributed by atoms with Crippen LogP contribution in [0.5, 0.6) is 0 Å². The van der Waals surface area contributed by atoms with Crippen LogP contribution in [0.1, 0.15) is 37.5 Å². The molecule has 1 rings (SSSR count). The molecule has 88 valence electrons. The van der Waals surface area contributed by atoms with Crippen molar-refractivity contribution in [3.63, 3.8) is 0 Å². The van der Waals surface area contributed by atoms with E-state index >= 15 is 0 Å². The summed E-state index contributed by atoms with van der Waals surface area (Å²) in [4.78, 5) is 0. The van der Waals surface area contributed by atoms with E-state index in [1.165, 1.54) is 22.3 Å². The van der Waals surface area contributed by atoms with Gasteiger partial charge in [-0.1, -0.05) is 36.8 Å². The van der Waals surface area contributed by atoms with Crippen molar-refractivity contribution >= 4 is 6.08 Å². The zero-order chi connectivity index (χ0) is 12.1. The first-order chi connectivity index (χ1) is 7.56. The van der Waals surface area contributed by atoms with Gasteiger partial charge in [0.15, 0.2) is 0 Å². The highest BCUT2D eigenvalue weighted by molar-refractivity contribution is 5.60. The molecule has 0 spiro atoms. The normalized spacial score (nSPS) is 13.9. The van der Waals surface area contributed by atoms with E-state index in [-0.39, 0.29) is 0 Å². The Morgan fingerprint density at radius 3 is 2.38 bits per heavy atom. The van der Waals surface area contributed by atoms with Crippen LogP contribution in [-0.2, 0) is 0 Å². The van der Waals surface area contributed by atoms with Crippen LogP contribution in [0.15, 0.2) is 23.8 Å². The van der Waals surface area contributed by atoms with Gasteiger partial charge in [-0.2, -0.15) is 0 Å². The smallest absolute Gasteiger partial charge is 0.0251 e. The molecule has 0 radical (unpaired) electrons. The van der Waals surface area contributed by atoms with Crippen LogP contribution in [0.25, 0.3) is 6.08 Å². The summed E-state index contributed by atoms with van der Waals surface area (Å²) in [5, 5.41) is 3.44. The molecule has 0 fully saturated rings. The lowest BCUT2D eigenvalue weighted by Gasteiger charge is -2.14. The molecule has 16 heavy (non-hydrogen) atoms. The number of aryl methyl sites for hydroxylation is 2. The third kappa shape index (κ3) is 3.21. The Morgan fingerprint density at radius 2 is 1.88 bits per heavy atom. The van der Waals surface area contributed by atoms with Crippen molar-refractivity contribution < 1.29 is 0 Å². The van der Waals surface area contributed by atoms with Gasteiger partial charge in [-0.15, -0.1) is 0 Å². The van der Waals surface area contributed by atoms with Crippen LogP contribution in [0, 0.1) is 13.8 Å². The van der Waals surface area contributed by atoms with Gasteiger partial charge in [-0.25, -0.2) is 0 Å². The van der Waals surface area contributed by atoms with Gasteiger partial charge >= 0.3 is 0 Å². The number of hydrogen-bond donors (Lipinski definition) is 1. The van der Waals surface area contributed by atoms with Gasteiger partial charge in [-0.3, -0.25) is 0 Å². The van der Waals surface area contributed by atoms with E-state index in [1.54, 1.807) is 0 Å². The molecule has 0 aromatic heterocycles. The van der Waals surface area contributed by atoms with Gasteiger partial charge in [0, 0.05) is 6.04 Å². The van der Waals surface area contributed by atoms with Crippen LogP contribution >= 0.6 is 0 Å². The molecule has 0 aliphatic carbocycles. The van der Waals surface area contributed by atoms with Crippen molar-refractivity contribution in [1.82, 2.24) is 5.32 Å². The van der Waals surface area contributed by atoms with Crippen molar-refractivity contribution in [2.24, 2.45) is 0 Å². The third-order valence-corrected chi connectivity index (χ3v) is 3.11. The maximum Gasteiger partial charge on any atom is 0.0251 e. The fourth-order valence-electron chi connectivity index (χ4n) is 1.87. The van der Waals surface area contributed by atoms with Crippen LogP contribution in [-0.4, -0.2) is 12.6 Å². The van der Waals surface area contributed by atoms with Crippen molar-refractivity contribution in [2.75, 3.05) is 6.54 Å². The quantitative estimate of drug-likeness (QED) is 0.810. The highest BCUT2D eigenvalue weighted by Gasteiger charge is 2.04. The monoisotopic (exact) mass is 217 g/mol. The van der Waals surface area contributed by atoms with E-state index in [0.717, 1.165) is 6.54 Å². The molecule has 1 N–H and O–H groups in total. The second-order valence-corrected chi connectivity index (χ2v) is 4.47. The maximum absolute atomic E-state index is 3.44. The molecule has 0 aliphatic rings. The molecule has 1 heteroatoms. The Kier molecular flexibility index (Phi) is 4.75. The molecule has 1 nitrogen and oxygen atoms in total. The second-order valence-electron chi connectivity index (χ2n) is 4.47. The molecular formula is C15H23N. The molecule has 0 amide bonds. The molecule has 0 saturated heterocycles. The van der Waals surface area contributed by atoms with Crippen molar-refractivity contribution in [3.8, 4) is 0 Å². The average molecular weight is 217 g/mol. The minimum absolute atomic E-state index is 0.448. The average Bonchev–Trinajstić information content (AvgIpc) is 2.23. The lowest BCUT2D eigenvalue weighted by atomic mass is 9.99. The van der Waals surface area contributed by atoms with Gasteiger partial charge < -0.3 is 5.32 Å². The summed E-state index contributed by atoms with van der Waals surface area (Å²) < 4.78 is 0. The van der Waals surface area contributed by atoms with Crippen molar-refractivity contribution in [2.45, 2.75) is 40.7 Å².